The second-order valence-corrected chi connectivity index (χ2v) is 5.48. The first-order valence-corrected chi connectivity index (χ1v) is 5.44. The number of hydrogen-bond acceptors (Lipinski definition) is 1. The fourth-order valence-corrected chi connectivity index (χ4v) is 3.12. The van der Waals surface area contributed by atoms with Gasteiger partial charge in [0.05, 0.1) is 0 Å². The topological polar surface area (TPSA) is 26.0 Å². The van der Waals surface area contributed by atoms with E-state index in [1.807, 2.05) is 12.1 Å². The first-order valence-electron chi connectivity index (χ1n) is 5.44. The Hall–Kier alpha value is -0.890. The molecule has 0 aromatic heterocycles. The molecule has 0 radical (unpaired) electrons. The van der Waals surface area contributed by atoms with E-state index in [9.17, 15) is 4.39 Å². The van der Waals surface area contributed by atoms with Crippen LogP contribution in [-0.4, -0.2) is 6.54 Å². The molecule has 2 rings (SSSR count). The lowest BCUT2D eigenvalue weighted by atomic mass is 9.52. The van der Waals surface area contributed by atoms with Crippen molar-refractivity contribution in [3.63, 3.8) is 0 Å². The molecule has 0 atom stereocenters. The first kappa shape index (κ1) is 10.6. The van der Waals surface area contributed by atoms with Crippen LogP contribution >= 0.6 is 0 Å². The summed E-state index contributed by atoms with van der Waals surface area (Å²) in [5.74, 6) is -0.113. The van der Waals surface area contributed by atoms with Crippen LogP contribution < -0.4 is 5.73 Å². The normalized spacial score (nSPS) is 22.1. The van der Waals surface area contributed by atoms with Gasteiger partial charge in [0.15, 0.2) is 0 Å². The second kappa shape index (κ2) is 3.31. The molecule has 82 valence electrons. The molecule has 2 heteroatoms. The van der Waals surface area contributed by atoms with E-state index in [0.29, 0.717) is 12.0 Å². The average Bonchev–Trinajstić information content (AvgIpc) is 2.14. The van der Waals surface area contributed by atoms with Crippen molar-refractivity contribution in [2.45, 2.75) is 32.1 Å². The standard InChI is InChI=1S/C13H18FN/c1-12(2)7-13(8-12,9-15)10-5-3-4-6-11(10)14/h3-6H,7-9,15H2,1-2H3. The van der Waals surface area contributed by atoms with Gasteiger partial charge in [0.25, 0.3) is 0 Å². The summed E-state index contributed by atoms with van der Waals surface area (Å²) in [4.78, 5) is 0. The van der Waals surface area contributed by atoms with Crippen molar-refractivity contribution < 1.29 is 4.39 Å². The van der Waals surface area contributed by atoms with Crippen molar-refractivity contribution in [1.29, 1.82) is 0 Å². The van der Waals surface area contributed by atoms with Crippen LogP contribution in [0.1, 0.15) is 32.3 Å². The van der Waals surface area contributed by atoms with Gasteiger partial charge in [0.2, 0.25) is 0 Å². The molecule has 2 N–H and O–H groups in total. The number of hydrogen-bond donors (Lipinski definition) is 1. The summed E-state index contributed by atoms with van der Waals surface area (Å²) in [6.45, 7) is 4.96. The quantitative estimate of drug-likeness (QED) is 0.793. The second-order valence-electron chi connectivity index (χ2n) is 5.48. The zero-order valence-corrected chi connectivity index (χ0v) is 9.39. The minimum absolute atomic E-state index is 0.113. The predicted molar refractivity (Wildman–Crippen MR) is 60.1 cm³/mol. The Kier molecular flexibility index (Phi) is 2.34. The highest BCUT2D eigenvalue weighted by atomic mass is 19.1. The minimum Gasteiger partial charge on any atom is -0.330 e. The van der Waals surface area contributed by atoms with Crippen molar-refractivity contribution in [1.82, 2.24) is 0 Å². The molecular weight excluding hydrogens is 189 g/mol. The van der Waals surface area contributed by atoms with Crippen molar-refractivity contribution in [2.24, 2.45) is 11.1 Å². The highest BCUT2D eigenvalue weighted by Gasteiger charge is 2.50. The Morgan fingerprint density at radius 3 is 2.33 bits per heavy atom. The van der Waals surface area contributed by atoms with Gasteiger partial charge in [0.1, 0.15) is 5.82 Å². The molecule has 0 heterocycles. The molecule has 1 aliphatic carbocycles. The van der Waals surface area contributed by atoms with Crippen LogP contribution in [0.25, 0.3) is 0 Å². The maximum absolute atomic E-state index is 13.7. The Morgan fingerprint density at radius 2 is 1.87 bits per heavy atom. The van der Waals surface area contributed by atoms with Gasteiger partial charge in [-0.05, 0) is 29.9 Å². The zero-order valence-electron chi connectivity index (χ0n) is 9.39. The number of benzene rings is 1. The van der Waals surface area contributed by atoms with E-state index in [1.54, 1.807) is 6.07 Å². The lowest BCUT2D eigenvalue weighted by Crippen LogP contribution is -2.51. The van der Waals surface area contributed by atoms with Gasteiger partial charge < -0.3 is 5.73 Å². The molecule has 0 spiro atoms. The van der Waals surface area contributed by atoms with Crippen LogP contribution in [0.2, 0.25) is 0 Å². The molecule has 15 heavy (non-hydrogen) atoms. The third kappa shape index (κ3) is 1.67. The Labute approximate surface area is 90.5 Å². The number of halogens is 1. The highest BCUT2D eigenvalue weighted by Crippen LogP contribution is 2.55. The van der Waals surface area contributed by atoms with E-state index >= 15 is 0 Å². The molecule has 1 fully saturated rings. The van der Waals surface area contributed by atoms with Gasteiger partial charge in [-0.1, -0.05) is 32.0 Å². The molecule has 1 aliphatic rings. The molecule has 0 bridgehead atoms. The summed E-state index contributed by atoms with van der Waals surface area (Å²) in [6, 6.07) is 7.02. The molecule has 0 saturated heterocycles. The van der Waals surface area contributed by atoms with Crippen molar-refractivity contribution in [3.8, 4) is 0 Å². The van der Waals surface area contributed by atoms with Crippen LogP contribution in [0.5, 0.6) is 0 Å². The van der Waals surface area contributed by atoms with E-state index in [4.69, 9.17) is 5.73 Å². The van der Waals surface area contributed by atoms with E-state index in [0.717, 1.165) is 18.4 Å². The maximum atomic E-state index is 13.7. The Bertz CT molecular complexity index is 363. The SMILES string of the molecule is CC1(C)CC(CN)(c2ccccc2F)C1. The fraction of sp³-hybridized carbons (Fsp3) is 0.538. The van der Waals surface area contributed by atoms with Crippen LogP contribution in [-0.2, 0) is 5.41 Å². The monoisotopic (exact) mass is 207 g/mol. The fourth-order valence-electron chi connectivity index (χ4n) is 3.12. The van der Waals surface area contributed by atoms with Crippen LogP contribution in [0.3, 0.4) is 0 Å². The summed E-state index contributed by atoms with van der Waals surface area (Å²) in [5, 5.41) is 0. The molecule has 1 aromatic carbocycles. The Balaban J connectivity index is 2.34. The third-order valence-corrected chi connectivity index (χ3v) is 3.47. The van der Waals surface area contributed by atoms with Gasteiger partial charge in [0, 0.05) is 12.0 Å². The Morgan fingerprint density at radius 1 is 1.27 bits per heavy atom. The van der Waals surface area contributed by atoms with Gasteiger partial charge in [-0.3, -0.25) is 0 Å². The van der Waals surface area contributed by atoms with Crippen molar-refractivity contribution >= 4 is 0 Å². The summed E-state index contributed by atoms with van der Waals surface area (Å²) in [7, 11) is 0. The predicted octanol–water partition coefficient (Wildman–Crippen LogP) is 2.84. The number of nitrogens with two attached hydrogens (primary N) is 1. The van der Waals surface area contributed by atoms with Gasteiger partial charge in [-0.15, -0.1) is 0 Å². The largest absolute Gasteiger partial charge is 0.330 e. The van der Waals surface area contributed by atoms with Crippen molar-refractivity contribution in [3.05, 3.63) is 35.6 Å². The van der Waals surface area contributed by atoms with Gasteiger partial charge in [-0.25, -0.2) is 4.39 Å². The number of rotatable bonds is 2. The zero-order chi connectivity index (χ0) is 11.1. The van der Waals surface area contributed by atoms with Crippen LogP contribution in [0.15, 0.2) is 24.3 Å². The average molecular weight is 207 g/mol. The lowest BCUT2D eigenvalue weighted by Gasteiger charge is -2.53. The van der Waals surface area contributed by atoms with Gasteiger partial charge in [-0.2, -0.15) is 0 Å². The van der Waals surface area contributed by atoms with E-state index < -0.39 is 0 Å². The van der Waals surface area contributed by atoms with E-state index in [1.165, 1.54) is 6.07 Å². The summed E-state index contributed by atoms with van der Waals surface area (Å²) >= 11 is 0. The molecule has 1 nitrogen and oxygen atoms in total. The molecule has 1 saturated carbocycles. The van der Waals surface area contributed by atoms with Crippen LogP contribution in [0.4, 0.5) is 4.39 Å². The van der Waals surface area contributed by atoms with Crippen molar-refractivity contribution in [2.75, 3.05) is 6.54 Å². The summed E-state index contributed by atoms with van der Waals surface area (Å²) in [5.41, 5.74) is 6.81. The molecule has 0 aliphatic heterocycles. The summed E-state index contributed by atoms with van der Waals surface area (Å²) < 4.78 is 13.7. The molecular formula is C13H18FN. The highest BCUT2D eigenvalue weighted by molar-refractivity contribution is 5.32. The summed E-state index contributed by atoms with van der Waals surface area (Å²) in [6.07, 6.45) is 1.97. The third-order valence-electron chi connectivity index (χ3n) is 3.47. The lowest BCUT2D eigenvalue weighted by molar-refractivity contribution is 0.0606. The molecule has 1 aromatic rings. The molecule has 0 unspecified atom stereocenters. The maximum Gasteiger partial charge on any atom is 0.127 e. The van der Waals surface area contributed by atoms with Crippen LogP contribution in [0, 0.1) is 11.2 Å². The molecule has 0 amide bonds. The minimum atomic E-state index is -0.116. The smallest absolute Gasteiger partial charge is 0.127 e. The first-order chi connectivity index (χ1) is 6.99. The van der Waals surface area contributed by atoms with E-state index in [2.05, 4.69) is 13.8 Å². The van der Waals surface area contributed by atoms with E-state index in [-0.39, 0.29) is 11.2 Å². The van der Waals surface area contributed by atoms with Gasteiger partial charge >= 0.3 is 0 Å².